The van der Waals surface area contributed by atoms with Crippen LogP contribution < -0.4 is 10.2 Å². The predicted molar refractivity (Wildman–Crippen MR) is 113 cm³/mol. The molecule has 2 aromatic rings. The third-order valence-electron chi connectivity index (χ3n) is 5.78. The highest BCUT2D eigenvalue weighted by Gasteiger charge is 2.35. The van der Waals surface area contributed by atoms with E-state index in [1.165, 1.54) is 23.1 Å². The summed E-state index contributed by atoms with van der Waals surface area (Å²) in [7, 11) is 0. The van der Waals surface area contributed by atoms with Crippen molar-refractivity contribution in [2.45, 2.75) is 19.1 Å². The number of hydrogen-bond acceptors (Lipinski definition) is 4. The number of nitrogens with one attached hydrogen (secondary N) is 1. The molecule has 0 aromatic heterocycles. The number of halogens is 4. The monoisotopic (exact) mass is 465 g/mol. The van der Waals surface area contributed by atoms with Gasteiger partial charge < -0.3 is 19.9 Å². The van der Waals surface area contributed by atoms with E-state index in [9.17, 15) is 27.2 Å². The van der Waals surface area contributed by atoms with Gasteiger partial charge in [0.15, 0.2) is 0 Å². The Balaban J connectivity index is 1.37. The van der Waals surface area contributed by atoms with Gasteiger partial charge in [0.2, 0.25) is 11.8 Å². The standard InChI is InChI=1S/C23H23F4N3O3/c24-19-12-18(4-5-20(19)29-6-8-33-9-7-29)28-22(32)16-11-21(31)30(14-16)13-15-2-1-3-17(10-15)23(25,26)27/h1-5,10,12,16H,6-9,11,13-14H2,(H,28,32). The molecule has 33 heavy (non-hydrogen) atoms. The molecule has 2 fully saturated rings. The third-order valence-corrected chi connectivity index (χ3v) is 5.78. The molecule has 2 amide bonds. The molecular formula is C23H23F4N3O3. The molecule has 2 aromatic carbocycles. The zero-order chi connectivity index (χ0) is 23.6. The summed E-state index contributed by atoms with van der Waals surface area (Å²) in [4.78, 5) is 28.2. The fraction of sp³-hybridized carbons (Fsp3) is 0.391. The van der Waals surface area contributed by atoms with Gasteiger partial charge in [0.1, 0.15) is 5.82 Å². The van der Waals surface area contributed by atoms with Gasteiger partial charge in [-0.1, -0.05) is 12.1 Å². The molecule has 0 bridgehead atoms. The highest BCUT2D eigenvalue weighted by molar-refractivity contribution is 5.97. The van der Waals surface area contributed by atoms with Crippen molar-refractivity contribution in [2.24, 2.45) is 5.92 Å². The highest BCUT2D eigenvalue weighted by atomic mass is 19.4. The maximum atomic E-state index is 14.6. The minimum atomic E-state index is -4.47. The van der Waals surface area contributed by atoms with Crippen molar-refractivity contribution in [2.75, 3.05) is 43.1 Å². The van der Waals surface area contributed by atoms with E-state index in [0.29, 0.717) is 37.6 Å². The first kappa shape index (κ1) is 23.0. The lowest BCUT2D eigenvalue weighted by molar-refractivity contribution is -0.137. The molecule has 2 aliphatic rings. The maximum absolute atomic E-state index is 14.6. The van der Waals surface area contributed by atoms with Crippen LogP contribution in [0, 0.1) is 11.7 Å². The number of carbonyl (C=O) groups excluding carboxylic acids is 2. The number of alkyl halides is 3. The summed E-state index contributed by atoms with van der Waals surface area (Å²) in [6.45, 7) is 2.25. The minimum Gasteiger partial charge on any atom is -0.378 e. The van der Waals surface area contributed by atoms with E-state index in [-0.39, 0.29) is 31.1 Å². The number of hydrogen-bond donors (Lipinski definition) is 1. The fourth-order valence-electron chi connectivity index (χ4n) is 4.06. The lowest BCUT2D eigenvalue weighted by atomic mass is 10.1. The van der Waals surface area contributed by atoms with Crippen LogP contribution >= 0.6 is 0 Å². The van der Waals surface area contributed by atoms with Gasteiger partial charge in [-0.25, -0.2) is 4.39 Å². The largest absolute Gasteiger partial charge is 0.416 e. The van der Waals surface area contributed by atoms with Gasteiger partial charge in [-0.2, -0.15) is 13.2 Å². The molecule has 2 aliphatic heterocycles. The Bertz CT molecular complexity index is 1040. The second-order valence-electron chi connectivity index (χ2n) is 8.13. The van der Waals surface area contributed by atoms with Crippen molar-refractivity contribution >= 4 is 23.2 Å². The van der Waals surface area contributed by atoms with Crippen molar-refractivity contribution in [3.05, 3.63) is 59.4 Å². The first-order valence-electron chi connectivity index (χ1n) is 10.6. The van der Waals surface area contributed by atoms with Crippen LogP contribution in [0.1, 0.15) is 17.5 Å². The first-order chi connectivity index (χ1) is 15.7. The number of rotatable bonds is 5. The highest BCUT2D eigenvalue weighted by Crippen LogP contribution is 2.31. The minimum absolute atomic E-state index is 0.0184. The molecule has 0 saturated carbocycles. The lowest BCUT2D eigenvalue weighted by Gasteiger charge is -2.29. The molecular weight excluding hydrogens is 442 g/mol. The summed E-state index contributed by atoms with van der Waals surface area (Å²) in [5.74, 6) is -1.90. The van der Waals surface area contributed by atoms with Gasteiger partial charge in [-0.15, -0.1) is 0 Å². The lowest BCUT2D eigenvalue weighted by Crippen LogP contribution is -2.36. The second kappa shape index (κ2) is 9.38. The maximum Gasteiger partial charge on any atom is 0.416 e. The summed E-state index contributed by atoms with van der Waals surface area (Å²) in [5.41, 5.74) is 0.251. The Labute approximate surface area is 188 Å². The number of nitrogens with zero attached hydrogens (tertiary/aromatic N) is 2. The molecule has 2 heterocycles. The Morgan fingerprint density at radius 3 is 2.58 bits per heavy atom. The number of ether oxygens (including phenoxy) is 1. The van der Waals surface area contributed by atoms with Crippen molar-refractivity contribution < 1.29 is 31.9 Å². The fourth-order valence-corrected chi connectivity index (χ4v) is 4.06. The Morgan fingerprint density at radius 1 is 1.12 bits per heavy atom. The van der Waals surface area contributed by atoms with Gasteiger partial charge in [0.25, 0.3) is 0 Å². The summed E-state index contributed by atoms with van der Waals surface area (Å²) >= 11 is 0. The van der Waals surface area contributed by atoms with Crippen LogP contribution in [0.2, 0.25) is 0 Å². The van der Waals surface area contributed by atoms with Crippen molar-refractivity contribution in [1.82, 2.24) is 4.90 Å². The molecule has 4 rings (SSSR count). The Hall–Kier alpha value is -3.14. The average molecular weight is 465 g/mol. The molecule has 1 N–H and O–H groups in total. The van der Waals surface area contributed by atoms with Crippen LogP contribution in [0.5, 0.6) is 0 Å². The zero-order valence-corrected chi connectivity index (χ0v) is 17.7. The van der Waals surface area contributed by atoms with Gasteiger partial charge in [-0.3, -0.25) is 9.59 Å². The quantitative estimate of drug-likeness (QED) is 0.685. The summed E-state index contributed by atoms with van der Waals surface area (Å²) in [6.07, 6.45) is -4.53. The van der Waals surface area contributed by atoms with Crippen LogP contribution in [-0.4, -0.2) is 49.6 Å². The van der Waals surface area contributed by atoms with E-state index in [1.807, 2.05) is 4.90 Å². The van der Waals surface area contributed by atoms with Crippen molar-refractivity contribution in [3.63, 3.8) is 0 Å². The number of morpholine rings is 1. The number of carbonyl (C=O) groups is 2. The smallest absolute Gasteiger partial charge is 0.378 e. The molecule has 10 heteroatoms. The topological polar surface area (TPSA) is 61.9 Å². The van der Waals surface area contributed by atoms with Crippen molar-refractivity contribution in [3.8, 4) is 0 Å². The van der Waals surface area contributed by atoms with E-state index in [0.717, 1.165) is 12.1 Å². The normalized spacial score (nSPS) is 19.2. The second-order valence-corrected chi connectivity index (χ2v) is 8.13. The predicted octanol–water partition coefficient (Wildman–Crippen LogP) is 3.67. The van der Waals surface area contributed by atoms with Gasteiger partial charge in [0, 0.05) is 38.3 Å². The van der Waals surface area contributed by atoms with E-state index in [2.05, 4.69) is 5.32 Å². The van der Waals surface area contributed by atoms with E-state index in [4.69, 9.17) is 4.74 Å². The van der Waals surface area contributed by atoms with E-state index < -0.39 is 29.4 Å². The molecule has 6 nitrogen and oxygen atoms in total. The number of benzene rings is 2. The molecule has 2 saturated heterocycles. The first-order valence-corrected chi connectivity index (χ1v) is 10.6. The Morgan fingerprint density at radius 2 is 1.88 bits per heavy atom. The van der Waals surface area contributed by atoms with E-state index in [1.54, 1.807) is 12.1 Å². The van der Waals surface area contributed by atoms with Crippen LogP contribution in [0.4, 0.5) is 28.9 Å². The molecule has 1 atom stereocenters. The van der Waals surface area contributed by atoms with Gasteiger partial charge in [-0.05, 0) is 35.9 Å². The molecule has 0 aliphatic carbocycles. The zero-order valence-electron chi connectivity index (χ0n) is 17.7. The van der Waals surface area contributed by atoms with Crippen molar-refractivity contribution in [1.29, 1.82) is 0 Å². The summed E-state index contributed by atoms with van der Waals surface area (Å²) < 4.78 is 58.6. The number of likely N-dealkylation sites (tertiary alicyclic amines) is 1. The number of anilines is 2. The molecule has 176 valence electrons. The summed E-state index contributed by atoms with van der Waals surface area (Å²) in [5, 5.41) is 2.64. The van der Waals surface area contributed by atoms with Crippen LogP contribution in [0.3, 0.4) is 0 Å². The molecule has 0 radical (unpaired) electrons. The summed E-state index contributed by atoms with van der Waals surface area (Å²) in [6, 6.07) is 9.19. The van der Waals surface area contributed by atoms with Gasteiger partial charge >= 0.3 is 6.18 Å². The third kappa shape index (κ3) is 5.44. The number of amides is 2. The molecule has 1 unspecified atom stereocenters. The van der Waals surface area contributed by atoms with Crippen LogP contribution in [-0.2, 0) is 27.0 Å². The van der Waals surface area contributed by atoms with E-state index >= 15 is 0 Å². The Kier molecular flexibility index (Phi) is 6.55. The van der Waals surface area contributed by atoms with Gasteiger partial charge in [0.05, 0.1) is 30.4 Å². The molecule has 0 spiro atoms. The average Bonchev–Trinajstić information content (AvgIpc) is 3.14. The SMILES string of the molecule is O=C(Nc1ccc(N2CCOCC2)c(F)c1)C1CC(=O)N(Cc2cccc(C(F)(F)F)c2)C1. The van der Waals surface area contributed by atoms with Crippen LogP contribution in [0.25, 0.3) is 0 Å². The van der Waals surface area contributed by atoms with Crippen LogP contribution in [0.15, 0.2) is 42.5 Å².